The summed E-state index contributed by atoms with van der Waals surface area (Å²) in [5.74, 6) is 0.553. The summed E-state index contributed by atoms with van der Waals surface area (Å²) in [6.07, 6.45) is 3.50. The van der Waals surface area contributed by atoms with Gasteiger partial charge in [0, 0.05) is 31.8 Å². The van der Waals surface area contributed by atoms with Gasteiger partial charge in [-0.2, -0.15) is 0 Å². The Morgan fingerprint density at radius 3 is 2.88 bits per heavy atom. The molecule has 94 valence electrons. The van der Waals surface area contributed by atoms with Gasteiger partial charge in [0.25, 0.3) is 0 Å². The highest BCUT2D eigenvalue weighted by atomic mass is 16.5. The van der Waals surface area contributed by atoms with Gasteiger partial charge in [-0.3, -0.25) is 4.79 Å². The zero-order valence-electron chi connectivity index (χ0n) is 9.98. The number of carbonyl (C=O) groups excluding carboxylic acids is 1. The molecule has 1 amide bonds. The monoisotopic (exact) mass is 238 g/mol. The van der Waals surface area contributed by atoms with E-state index in [2.05, 4.69) is 10.3 Å². The van der Waals surface area contributed by atoms with Crippen LogP contribution in [0.25, 0.3) is 0 Å². The quantitative estimate of drug-likeness (QED) is 0.691. The molecule has 0 aliphatic heterocycles. The van der Waals surface area contributed by atoms with Crippen molar-refractivity contribution >= 4 is 5.91 Å². The Bertz CT molecular complexity index is 338. The van der Waals surface area contributed by atoms with Crippen molar-refractivity contribution < 1.29 is 14.6 Å². The number of aliphatic hydroxyl groups is 1. The van der Waals surface area contributed by atoms with Gasteiger partial charge in [-0.15, -0.1) is 0 Å². The standard InChI is InChI=1S/C12H18N2O3/c1-17-12-6-5-10(9-14-12)8-13-11(16)4-2-3-7-15/h5-6,9,15H,2-4,7-8H2,1H3,(H,13,16). The van der Waals surface area contributed by atoms with Crippen molar-refractivity contribution in [2.45, 2.75) is 25.8 Å². The summed E-state index contributed by atoms with van der Waals surface area (Å²) in [6, 6.07) is 3.62. The number of carbonyl (C=O) groups is 1. The smallest absolute Gasteiger partial charge is 0.220 e. The number of unbranched alkanes of at least 4 members (excludes halogenated alkanes) is 1. The fourth-order valence-corrected chi connectivity index (χ4v) is 1.32. The van der Waals surface area contributed by atoms with E-state index in [0.717, 1.165) is 5.56 Å². The van der Waals surface area contributed by atoms with Crippen LogP contribution in [0.3, 0.4) is 0 Å². The van der Waals surface area contributed by atoms with Crippen LogP contribution in [-0.4, -0.2) is 29.7 Å². The maximum atomic E-state index is 11.4. The number of hydrogen-bond acceptors (Lipinski definition) is 4. The van der Waals surface area contributed by atoms with Crippen molar-refractivity contribution in [3.63, 3.8) is 0 Å². The first kappa shape index (κ1) is 13.4. The Labute approximate surface area is 101 Å². The Morgan fingerprint density at radius 2 is 2.29 bits per heavy atom. The van der Waals surface area contributed by atoms with E-state index >= 15 is 0 Å². The topological polar surface area (TPSA) is 71.5 Å². The molecular weight excluding hydrogens is 220 g/mol. The number of aliphatic hydroxyl groups excluding tert-OH is 1. The van der Waals surface area contributed by atoms with Crippen LogP contribution >= 0.6 is 0 Å². The molecule has 5 heteroatoms. The lowest BCUT2D eigenvalue weighted by Gasteiger charge is -2.05. The molecule has 0 bridgehead atoms. The van der Waals surface area contributed by atoms with Crippen molar-refractivity contribution in [1.29, 1.82) is 0 Å². The zero-order valence-corrected chi connectivity index (χ0v) is 9.98. The van der Waals surface area contributed by atoms with Crippen molar-refractivity contribution in [3.8, 4) is 5.88 Å². The molecule has 1 heterocycles. The van der Waals surface area contributed by atoms with Crippen LogP contribution in [0.2, 0.25) is 0 Å². The highest BCUT2D eigenvalue weighted by molar-refractivity contribution is 5.75. The summed E-state index contributed by atoms with van der Waals surface area (Å²) in [5.41, 5.74) is 0.932. The van der Waals surface area contributed by atoms with Crippen LogP contribution in [0, 0.1) is 0 Å². The highest BCUT2D eigenvalue weighted by Crippen LogP contribution is 2.06. The molecule has 0 spiro atoms. The maximum Gasteiger partial charge on any atom is 0.220 e. The second-order valence-electron chi connectivity index (χ2n) is 3.67. The van der Waals surface area contributed by atoms with Crippen molar-refractivity contribution in [1.82, 2.24) is 10.3 Å². The first-order valence-corrected chi connectivity index (χ1v) is 5.62. The van der Waals surface area contributed by atoms with Gasteiger partial charge in [-0.05, 0) is 18.4 Å². The summed E-state index contributed by atoms with van der Waals surface area (Å²) in [4.78, 5) is 15.4. The molecular formula is C12H18N2O3. The van der Waals surface area contributed by atoms with Crippen LogP contribution in [-0.2, 0) is 11.3 Å². The number of nitrogens with one attached hydrogen (secondary N) is 1. The molecule has 0 atom stereocenters. The molecule has 17 heavy (non-hydrogen) atoms. The molecule has 2 N–H and O–H groups in total. The lowest BCUT2D eigenvalue weighted by atomic mass is 10.2. The largest absolute Gasteiger partial charge is 0.481 e. The highest BCUT2D eigenvalue weighted by Gasteiger charge is 2.01. The number of ether oxygens (including phenoxy) is 1. The minimum absolute atomic E-state index is 0.00531. The minimum Gasteiger partial charge on any atom is -0.481 e. The lowest BCUT2D eigenvalue weighted by molar-refractivity contribution is -0.121. The number of methoxy groups -OCH3 is 1. The van der Waals surface area contributed by atoms with Gasteiger partial charge in [0.2, 0.25) is 11.8 Å². The molecule has 0 aromatic carbocycles. The fraction of sp³-hybridized carbons (Fsp3) is 0.500. The zero-order chi connectivity index (χ0) is 12.5. The van der Waals surface area contributed by atoms with Crippen LogP contribution in [0.1, 0.15) is 24.8 Å². The third-order valence-corrected chi connectivity index (χ3v) is 2.31. The van der Waals surface area contributed by atoms with Gasteiger partial charge in [-0.1, -0.05) is 6.07 Å². The van der Waals surface area contributed by atoms with Gasteiger partial charge in [0.05, 0.1) is 7.11 Å². The van der Waals surface area contributed by atoms with Crippen molar-refractivity contribution in [2.75, 3.05) is 13.7 Å². The number of rotatable bonds is 7. The second-order valence-corrected chi connectivity index (χ2v) is 3.67. The van der Waals surface area contributed by atoms with Crippen molar-refractivity contribution in [3.05, 3.63) is 23.9 Å². The van der Waals surface area contributed by atoms with Gasteiger partial charge in [-0.25, -0.2) is 4.98 Å². The molecule has 0 aliphatic carbocycles. The van der Waals surface area contributed by atoms with E-state index in [4.69, 9.17) is 9.84 Å². The normalized spacial score (nSPS) is 10.0. The van der Waals surface area contributed by atoms with E-state index in [1.165, 1.54) is 0 Å². The first-order chi connectivity index (χ1) is 8.26. The molecule has 0 saturated heterocycles. The number of nitrogens with zero attached hydrogens (tertiary/aromatic N) is 1. The molecule has 1 aromatic rings. The molecule has 0 radical (unpaired) electrons. The van der Waals surface area contributed by atoms with E-state index in [0.29, 0.717) is 31.7 Å². The SMILES string of the molecule is COc1ccc(CNC(=O)CCCCO)cn1. The van der Waals surface area contributed by atoms with E-state index in [1.54, 1.807) is 19.4 Å². The average molecular weight is 238 g/mol. The Morgan fingerprint density at radius 1 is 1.47 bits per heavy atom. The first-order valence-electron chi connectivity index (χ1n) is 5.62. The van der Waals surface area contributed by atoms with Gasteiger partial charge in [0.1, 0.15) is 0 Å². The molecule has 0 fully saturated rings. The van der Waals surface area contributed by atoms with Crippen LogP contribution in [0.15, 0.2) is 18.3 Å². The molecule has 1 aromatic heterocycles. The van der Waals surface area contributed by atoms with E-state index in [9.17, 15) is 4.79 Å². The lowest BCUT2D eigenvalue weighted by Crippen LogP contribution is -2.22. The van der Waals surface area contributed by atoms with Crippen molar-refractivity contribution in [2.24, 2.45) is 0 Å². The molecule has 0 aliphatic rings. The van der Waals surface area contributed by atoms with Gasteiger partial charge in [0.15, 0.2) is 0 Å². The van der Waals surface area contributed by atoms with Gasteiger partial charge >= 0.3 is 0 Å². The Kier molecular flexibility index (Phi) is 6.03. The summed E-state index contributed by atoms with van der Waals surface area (Å²) < 4.78 is 4.94. The van der Waals surface area contributed by atoms with E-state index in [1.807, 2.05) is 6.07 Å². The van der Waals surface area contributed by atoms with E-state index < -0.39 is 0 Å². The van der Waals surface area contributed by atoms with Gasteiger partial charge < -0.3 is 15.2 Å². The van der Waals surface area contributed by atoms with Crippen LogP contribution < -0.4 is 10.1 Å². The molecule has 0 unspecified atom stereocenters. The van der Waals surface area contributed by atoms with Crippen LogP contribution in [0.5, 0.6) is 5.88 Å². The Hall–Kier alpha value is -1.62. The predicted octanol–water partition coefficient (Wildman–Crippen LogP) is 0.869. The maximum absolute atomic E-state index is 11.4. The molecule has 5 nitrogen and oxygen atoms in total. The Balaban J connectivity index is 2.27. The summed E-state index contributed by atoms with van der Waals surface area (Å²) >= 11 is 0. The fourth-order valence-electron chi connectivity index (χ4n) is 1.32. The number of aromatic nitrogens is 1. The summed E-state index contributed by atoms with van der Waals surface area (Å²) in [5, 5.41) is 11.4. The number of hydrogen-bond donors (Lipinski definition) is 2. The summed E-state index contributed by atoms with van der Waals surface area (Å²) in [6.45, 7) is 0.602. The molecule has 1 rings (SSSR count). The number of amides is 1. The predicted molar refractivity (Wildman–Crippen MR) is 63.6 cm³/mol. The third-order valence-electron chi connectivity index (χ3n) is 2.31. The summed E-state index contributed by atoms with van der Waals surface area (Å²) in [7, 11) is 1.56. The molecule has 0 saturated carbocycles. The van der Waals surface area contributed by atoms with Crippen LogP contribution in [0.4, 0.5) is 0 Å². The minimum atomic E-state index is -0.00531. The second kappa shape index (κ2) is 7.62. The number of pyridine rings is 1. The van der Waals surface area contributed by atoms with E-state index in [-0.39, 0.29) is 12.5 Å². The third kappa shape index (κ3) is 5.31. The average Bonchev–Trinajstić information content (AvgIpc) is 2.37.